The van der Waals surface area contributed by atoms with Crippen molar-refractivity contribution in [1.82, 2.24) is 14.9 Å². The van der Waals surface area contributed by atoms with E-state index < -0.39 is 12.6 Å². The minimum Gasteiger partial charge on any atom is -0.493 e. The summed E-state index contributed by atoms with van der Waals surface area (Å²) < 4.78 is 12.4. The van der Waals surface area contributed by atoms with Gasteiger partial charge in [-0.15, -0.1) is 0 Å². The molecular formula is C23H23N3O5. The van der Waals surface area contributed by atoms with Gasteiger partial charge >= 0.3 is 5.97 Å². The van der Waals surface area contributed by atoms with E-state index in [0.717, 1.165) is 11.3 Å². The molecule has 1 aliphatic rings. The number of hydrogen-bond acceptors (Lipinski definition) is 6. The van der Waals surface area contributed by atoms with E-state index in [0.29, 0.717) is 36.3 Å². The van der Waals surface area contributed by atoms with Crippen molar-refractivity contribution in [2.75, 3.05) is 13.2 Å². The van der Waals surface area contributed by atoms with Gasteiger partial charge in [-0.3, -0.25) is 9.59 Å². The van der Waals surface area contributed by atoms with Crippen molar-refractivity contribution < 1.29 is 19.1 Å². The molecule has 1 aliphatic heterocycles. The van der Waals surface area contributed by atoms with Crippen molar-refractivity contribution >= 4 is 22.9 Å². The molecule has 8 nitrogen and oxygen atoms in total. The Morgan fingerprint density at radius 2 is 2.06 bits per heavy atom. The van der Waals surface area contributed by atoms with Gasteiger partial charge in [-0.2, -0.15) is 0 Å². The number of nitrogens with zero attached hydrogens (tertiary/aromatic N) is 2. The largest absolute Gasteiger partial charge is 0.493 e. The highest BCUT2D eigenvalue weighted by molar-refractivity contribution is 5.94. The van der Waals surface area contributed by atoms with Crippen LogP contribution in [0.3, 0.4) is 0 Å². The number of hydrogen-bond donors (Lipinski definition) is 1. The molecule has 1 amide bonds. The number of carbonyl (C=O) groups excluding carboxylic acids is 2. The Kier molecular flexibility index (Phi) is 5.70. The summed E-state index contributed by atoms with van der Waals surface area (Å²) in [5.74, 6) is -0.261. The quantitative estimate of drug-likeness (QED) is 0.636. The highest BCUT2D eigenvalue weighted by atomic mass is 16.5. The summed E-state index contributed by atoms with van der Waals surface area (Å²) in [6, 6.07) is 12.2. The van der Waals surface area contributed by atoms with Crippen LogP contribution >= 0.6 is 0 Å². The van der Waals surface area contributed by atoms with Crippen LogP contribution in [0, 0.1) is 6.92 Å². The molecule has 2 aromatic carbocycles. The number of aromatic nitrogens is 2. The van der Waals surface area contributed by atoms with Crippen LogP contribution in [-0.2, 0) is 16.1 Å². The molecule has 0 radical (unpaired) electrons. The number of fused-ring (bicyclic) bond motifs is 2. The third-order valence-electron chi connectivity index (χ3n) is 5.29. The van der Waals surface area contributed by atoms with Gasteiger partial charge in [0.05, 0.1) is 29.2 Å². The lowest BCUT2D eigenvalue weighted by Crippen LogP contribution is -2.35. The maximum absolute atomic E-state index is 12.5. The smallest absolute Gasteiger partial charge is 0.338 e. The topological polar surface area (TPSA) is 99.5 Å². The second-order valence-electron chi connectivity index (χ2n) is 7.32. The number of aryl methyl sites for hydroxylation is 2. The zero-order valence-electron chi connectivity index (χ0n) is 17.4. The van der Waals surface area contributed by atoms with Crippen LogP contribution in [0.1, 0.15) is 41.0 Å². The zero-order chi connectivity index (χ0) is 22.0. The Bertz CT molecular complexity index is 1220. The molecule has 160 valence electrons. The zero-order valence-corrected chi connectivity index (χ0v) is 17.4. The highest BCUT2D eigenvalue weighted by Gasteiger charge is 2.23. The summed E-state index contributed by atoms with van der Waals surface area (Å²) in [4.78, 5) is 41.3. The van der Waals surface area contributed by atoms with E-state index >= 15 is 0 Å². The first-order valence-corrected chi connectivity index (χ1v) is 10.2. The van der Waals surface area contributed by atoms with Gasteiger partial charge in [0.25, 0.3) is 11.5 Å². The summed E-state index contributed by atoms with van der Waals surface area (Å²) in [6.07, 6.45) is 0.644. The molecule has 31 heavy (non-hydrogen) atoms. The van der Waals surface area contributed by atoms with Crippen molar-refractivity contribution in [2.24, 2.45) is 0 Å². The van der Waals surface area contributed by atoms with Gasteiger partial charge in [-0.1, -0.05) is 18.2 Å². The Morgan fingerprint density at radius 1 is 1.26 bits per heavy atom. The molecule has 2 heterocycles. The summed E-state index contributed by atoms with van der Waals surface area (Å²) in [7, 11) is 0. The Morgan fingerprint density at radius 3 is 2.87 bits per heavy atom. The first kappa shape index (κ1) is 20.6. The number of carbonyl (C=O) groups is 2. The van der Waals surface area contributed by atoms with Crippen molar-refractivity contribution in [3.8, 4) is 5.75 Å². The van der Waals surface area contributed by atoms with Crippen LogP contribution in [0.4, 0.5) is 0 Å². The molecule has 0 spiro atoms. The fraction of sp³-hybridized carbons (Fsp3) is 0.304. The first-order chi connectivity index (χ1) is 15.0. The van der Waals surface area contributed by atoms with Crippen LogP contribution in [0.5, 0.6) is 5.75 Å². The molecule has 0 fully saturated rings. The van der Waals surface area contributed by atoms with Crippen molar-refractivity contribution in [3.63, 3.8) is 0 Å². The lowest BCUT2D eigenvalue weighted by Gasteiger charge is -2.26. The second kappa shape index (κ2) is 8.59. The van der Waals surface area contributed by atoms with Crippen LogP contribution < -0.4 is 15.6 Å². The predicted molar refractivity (Wildman–Crippen MR) is 114 cm³/mol. The van der Waals surface area contributed by atoms with E-state index in [-0.39, 0.29) is 23.1 Å². The third kappa shape index (κ3) is 4.14. The second-order valence-corrected chi connectivity index (χ2v) is 7.32. The lowest BCUT2D eigenvalue weighted by molar-refractivity contribution is -0.125. The molecule has 0 aliphatic carbocycles. The average Bonchev–Trinajstić information content (AvgIpc) is 2.78. The minimum absolute atomic E-state index is 0.156. The SMILES string of the molecule is CCn1c(=O)c(C)nc2cc(C(=O)OCC(=O)NC3CCOc4ccccc43)ccc21. The number of ether oxygens (including phenoxy) is 2. The van der Waals surface area contributed by atoms with E-state index in [1.54, 1.807) is 29.7 Å². The third-order valence-corrected chi connectivity index (χ3v) is 5.29. The van der Waals surface area contributed by atoms with E-state index in [2.05, 4.69) is 10.3 Å². The van der Waals surface area contributed by atoms with Crippen molar-refractivity contribution in [3.05, 3.63) is 69.6 Å². The fourth-order valence-corrected chi connectivity index (χ4v) is 3.76. The number of nitrogens with one attached hydrogen (secondary N) is 1. The van der Waals surface area contributed by atoms with Gasteiger partial charge in [-0.05, 0) is 38.1 Å². The summed E-state index contributed by atoms with van der Waals surface area (Å²) in [5.41, 5.74) is 2.55. The summed E-state index contributed by atoms with van der Waals surface area (Å²) >= 11 is 0. The Labute approximate surface area is 178 Å². The van der Waals surface area contributed by atoms with Crippen LogP contribution in [0.25, 0.3) is 11.0 Å². The molecule has 1 N–H and O–H groups in total. The number of rotatable bonds is 5. The maximum Gasteiger partial charge on any atom is 0.338 e. The molecule has 8 heteroatoms. The van der Waals surface area contributed by atoms with Gasteiger partial charge in [0.2, 0.25) is 0 Å². The van der Waals surface area contributed by atoms with Crippen molar-refractivity contribution in [2.45, 2.75) is 32.9 Å². The van der Waals surface area contributed by atoms with Gasteiger partial charge in [0.15, 0.2) is 6.61 Å². The molecule has 4 rings (SSSR count). The van der Waals surface area contributed by atoms with E-state index in [9.17, 15) is 14.4 Å². The van der Waals surface area contributed by atoms with E-state index in [1.807, 2.05) is 31.2 Å². The normalized spacial score (nSPS) is 15.1. The number of para-hydroxylation sites is 1. The molecule has 0 bridgehead atoms. The van der Waals surface area contributed by atoms with Gasteiger partial charge in [0.1, 0.15) is 11.4 Å². The lowest BCUT2D eigenvalue weighted by atomic mass is 10.0. The van der Waals surface area contributed by atoms with Crippen molar-refractivity contribution in [1.29, 1.82) is 0 Å². The number of esters is 1. The molecule has 0 saturated carbocycles. The van der Waals surface area contributed by atoms with E-state index in [4.69, 9.17) is 9.47 Å². The van der Waals surface area contributed by atoms with Crippen LogP contribution in [-0.4, -0.2) is 34.6 Å². The molecule has 1 unspecified atom stereocenters. The van der Waals surface area contributed by atoms with Gasteiger partial charge < -0.3 is 19.4 Å². The number of benzene rings is 2. The molecule has 1 aromatic heterocycles. The Hall–Kier alpha value is -3.68. The molecular weight excluding hydrogens is 398 g/mol. The molecule has 3 aromatic rings. The maximum atomic E-state index is 12.5. The monoisotopic (exact) mass is 421 g/mol. The van der Waals surface area contributed by atoms with Gasteiger partial charge in [-0.25, -0.2) is 9.78 Å². The fourth-order valence-electron chi connectivity index (χ4n) is 3.76. The minimum atomic E-state index is -0.627. The average molecular weight is 421 g/mol. The molecule has 0 saturated heterocycles. The predicted octanol–water partition coefficient (Wildman–Crippen LogP) is 2.52. The highest BCUT2D eigenvalue weighted by Crippen LogP contribution is 2.31. The summed E-state index contributed by atoms with van der Waals surface area (Å²) in [5, 5.41) is 2.89. The standard InChI is InChI=1S/C23H23N3O5/c1-3-26-19-9-8-15(12-18(19)24-14(2)22(26)28)23(29)31-13-21(27)25-17-10-11-30-20-7-5-4-6-16(17)20/h4-9,12,17H,3,10-11,13H2,1-2H3,(H,25,27). The van der Waals surface area contributed by atoms with Crippen LogP contribution in [0.15, 0.2) is 47.3 Å². The van der Waals surface area contributed by atoms with E-state index in [1.165, 1.54) is 0 Å². The first-order valence-electron chi connectivity index (χ1n) is 10.2. The van der Waals surface area contributed by atoms with Gasteiger partial charge in [0, 0.05) is 18.5 Å². The summed E-state index contributed by atoms with van der Waals surface area (Å²) in [6.45, 7) is 4.12. The Balaban J connectivity index is 1.43. The van der Waals surface area contributed by atoms with Crippen LogP contribution in [0.2, 0.25) is 0 Å². The number of amides is 1. The molecule has 1 atom stereocenters.